The molecule has 5 heteroatoms. The van der Waals surface area contributed by atoms with Crippen molar-refractivity contribution in [2.45, 2.75) is 20.3 Å². The van der Waals surface area contributed by atoms with Gasteiger partial charge < -0.3 is 14.9 Å². The Labute approximate surface area is 151 Å². The molecule has 0 heterocycles. The molecule has 0 unspecified atom stereocenters. The summed E-state index contributed by atoms with van der Waals surface area (Å²) in [6.45, 7) is 3.84. The van der Waals surface area contributed by atoms with Crippen molar-refractivity contribution in [1.82, 2.24) is 0 Å². The Morgan fingerprint density at radius 1 is 1.19 bits per heavy atom. The van der Waals surface area contributed by atoms with E-state index in [2.05, 4.69) is 0 Å². The van der Waals surface area contributed by atoms with E-state index in [0.717, 1.165) is 5.57 Å². The lowest BCUT2D eigenvalue weighted by molar-refractivity contribution is 0.0693. The average molecular weight is 356 g/mol. The van der Waals surface area contributed by atoms with Crippen LogP contribution in [-0.4, -0.2) is 23.3 Å². The molecule has 2 aromatic carbocycles. The number of phenols is 1. The molecule has 0 bridgehead atoms. The number of benzene rings is 2. The number of ether oxygens (including phenoxy) is 1. The lowest BCUT2D eigenvalue weighted by Gasteiger charge is -2.14. The van der Waals surface area contributed by atoms with Gasteiger partial charge in [-0.25, -0.2) is 9.18 Å². The molecule has 0 fully saturated rings. The quantitative estimate of drug-likeness (QED) is 0.570. The number of hydrogen-bond acceptors (Lipinski definition) is 3. The van der Waals surface area contributed by atoms with E-state index in [-0.39, 0.29) is 17.1 Å². The van der Waals surface area contributed by atoms with E-state index in [9.17, 15) is 19.4 Å². The van der Waals surface area contributed by atoms with Crippen LogP contribution in [0.25, 0.3) is 12.2 Å². The van der Waals surface area contributed by atoms with Crippen LogP contribution >= 0.6 is 0 Å². The maximum Gasteiger partial charge on any atom is 0.340 e. The summed E-state index contributed by atoms with van der Waals surface area (Å²) in [6.07, 6.45) is 5.45. The van der Waals surface area contributed by atoms with Crippen molar-refractivity contribution in [3.05, 3.63) is 70.1 Å². The number of carboxylic acid groups (broad SMARTS) is 1. The fourth-order valence-corrected chi connectivity index (χ4v) is 2.51. The molecule has 26 heavy (non-hydrogen) atoms. The van der Waals surface area contributed by atoms with Crippen molar-refractivity contribution in [3.8, 4) is 11.5 Å². The average Bonchev–Trinajstić information content (AvgIpc) is 2.59. The van der Waals surface area contributed by atoms with Gasteiger partial charge in [-0.3, -0.25) is 0 Å². The van der Waals surface area contributed by atoms with E-state index in [1.807, 2.05) is 19.9 Å². The molecule has 0 aliphatic heterocycles. The molecule has 136 valence electrons. The van der Waals surface area contributed by atoms with E-state index in [4.69, 9.17) is 4.74 Å². The van der Waals surface area contributed by atoms with E-state index in [1.165, 1.54) is 19.2 Å². The van der Waals surface area contributed by atoms with Crippen molar-refractivity contribution >= 4 is 18.1 Å². The van der Waals surface area contributed by atoms with Crippen molar-refractivity contribution < 1.29 is 24.1 Å². The number of aromatic hydroxyl groups is 1. The van der Waals surface area contributed by atoms with Gasteiger partial charge >= 0.3 is 5.97 Å². The van der Waals surface area contributed by atoms with Gasteiger partial charge in [-0.05, 0) is 49.6 Å². The number of halogens is 1. The molecular formula is C21H21FO4. The highest BCUT2D eigenvalue weighted by atomic mass is 19.1. The summed E-state index contributed by atoms with van der Waals surface area (Å²) < 4.78 is 18.3. The molecule has 0 aliphatic rings. The van der Waals surface area contributed by atoms with Crippen molar-refractivity contribution in [3.63, 3.8) is 0 Å². The van der Waals surface area contributed by atoms with Crippen LogP contribution < -0.4 is 4.74 Å². The predicted molar refractivity (Wildman–Crippen MR) is 100 cm³/mol. The lowest BCUT2D eigenvalue weighted by atomic mass is 9.97. The summed E-state index contributed by atoms with van der Waals surface area (Å²) in [5.74, 6) is -1.49. The molecule has 0 aliphatic carbocycles. The fraction of sp³-hybridized carbons (Fsp3) is 0.190. The first-order valence-corrected chi connectivity index (χ1v) is 8.06. The van der Waals surface area contributed by atoms with E-state index in [1.54, 1.807) is 30.4 Å². The number of rotatable bonds is 6. The van der Waals surface area contributed by atoms with Gasteiger partial charge in [0.25, 0.3) is 0 Å². The third-order valence-corrected chi connectivity index (χ3v) is 3.87. The maximum atomic E-state index is 13.0. The van der Waals surface area contributed by atoms with E-state index < -0.39 is 5.97 Å². The molecular weight excluding hydrogens is 335 g/mol. The van der Waals surface area contributed by atoms with Crippen LogP contribution in [0.3, 0.4) is 0 Å². The van der Waals surface area contributed by atoms with Gasteiger partial charge in [0.1, 0.15) is 22.9 Å². The highest BCUT2D eigenvalue weighted by molar-refractivity contribution is 5.97. The zero-order valence-electron chi connectivity index (χ0n) is 14.9. The minimum Gasteiger partial charge on any atom is -0.507 e. The Hall–Kier alpha value is -3.08. The summed E-state index contributed by atoms with van der Waals surface area (Å²) >= 11 is 0. The molecule has 0 atom stereocenters. The van der Waals surface area contributed by atoms with Crippen LogP contribution in [0.4, 0.5) is 4.39 Å². The van der Waals surface area contributed by atoms with Crippen LogP contribution in [0.2, 0.25) is 0 Å². The number of carbonyl (C=O) groups is 1. The summed E-state index contributed by atoms with van der Waals surface area (Å²) in [5, 5.41) is 20.1. The van der Waals surface area contributed by atoms with Crippen molar-refractivity contribution in [1.29, 1.82) is 0 Å². The number of allylic oxidation sites excluding steroid dienone is 2. The summed E-state index contributed by atoms with van der Waals surface area (Å²) in [4.78, 5) is 11.7. The van der Waals surface area contributed by atoms with Crippen LogP contribution in [-0.2, 0) is 6.42 Å². The SMILES string of the molecule is COc1cc(C=Cc2ccc(F)cc2)c(C(=O)O)c(O)c1CC=C(C)C. The summed E-state index contributed by atoms with van der Waals surface area (Å²) in [7, 11) is 1.47. The van der Waals surface area contributed by atoms with Gasteiger partial charge in [0, 0.05) is 5.56 Å². The van der Waals surface area contributed by atoms with Gasteiger partial charge in [-0.1, -0.05) is 35.9 Å². The van der Waals surface area contributed by atoms with Crippen LogP contribution in [0.1, 0.15) is 40.9 Å². The van der Waals surface area contributed by atoms with Crippen LogP contribution in [0.15, 0.2) is 42.0 Å². The molecule has 0 radical (unpaired) electrons. The smallest absolute Gasteiger partial charge is 0.340 e. The maximum absolute atomic E-state index is 13.0. The lowest BCUT2D eigenvalue weighted by Crippen LogP contribution is -2.04. The van der Waals surface area contributed by atoms with Gasteiger partial charge in [0.05, 0.1) is 7.11 Å². The second kappa shape index (κ2) is 8.34. The Morgan fingerprint density at radius 2 is 1.85 bits per heavy atom. The van der Waals surface area contributed by atoms with Gasteiger partial charge in [0.15, 0.2) is 0 Å². The summed E-state index contributed by atoms with van der Waals surface area (Å²) in [5.41, 5.74) is 2.28. The number of methoxy groups -OCH3 is 1. The largest absolute Gasteiger partial charge is 0.507 e. The molecule has 0 amide bonds. The molecule has 2 rings (SSSR count). The second-order valence-electron chi connectivity index (χ2n) is 6.05. The molecule has 2 aromatic rings. The minimum atomic E-state index is -1.23. The Balaban J connectivity index is 2.54. The Kier molecular flexibility index (Phi) is 6.17. The highest BCUT2D eigenvalue weighted by Crippen LogP contribution is 2.36. The van der Waals surface area contributed by atoms with Crippen molar-refractivity contribution in [2.75, 3.05) is 7.11 Å². The van der Waals surface area contributed by atoms with Crippen molar-refractivity contribution in [2.24, 2.45) is 0 Å². The normalized spacial score (nSPS) is 10.8. The predicted octanol–water partition coefficient (Wildman–Crippen LogP) is 4.92. The summed E-state index contributed by atoms with van der Waals surface area (Å²) in [6, 6.07) is 7.37. The van der Waals surface area contributed by atoms with E-state index in [0.29, 0.717) is 28.9 Å². The van der Waals surface area contributed by atoms with Gasteiger partial charge in [0.2, 0.25) is 0 Å². The molecule has 0 saturated heterocycles. The third kappa shape index (κ3) is 4.51. The second-order valence-corrected chi connectivity index (χ2v) is 6.05. The topological polar surface area (TPSA) is 66.8 Å². The zero-order valence-corrected chi connectivity index (χ0v) is 14.9. The van der Waals surface area contributed by atoms with Gasteiger partial charge in [-0.15, -0.1) is 0 Å². The number of carboxylic acids is 1. The van der Waals surface area contributed by atoms with Gasteiger partial charge in [-0.2, -0.15) is 0 Å². The van der Waals surface area contributed by atoms with E-state index >= 15 is 0 Å². The Bertz CT molecular complexity index is 861. The first kappa shape index (κ1) is 19.2. The number of aromatic carboxylic acids is 1. The molecule has 0 saturated carbocycles. The first-order valence-electron chi connectivity index (χ1n) is 8.06. The highest BCUT2D eigenvalue weighted by Gasteiger charge is 2.21. The molecule has 4 nitrogen and oxygen atoms in total. The standard InChI is InChI=1S/C21H21FO4/c1-13(2)4-11-17-18(26-3)12-15(19(20(17)23)21(24)25)8-5-14-6-9-16(22)10-7-14/h4-10,12,23H,11H2,1-3H3,(H,24,25). The Morgan fingerprint density at radius 3 is 2.38 bits per heavy atom. The molecule has 0 spiro atoms. The number of hydrogen-bond donors (Lipinski definition) is 2. The molecule has 0 aromatic heterocycles. The van der Waals surface area contributed by atoms with Crippen LogP contribution in [0.5, 0.6) is 11.5 Å². The zero-order chi connectivity index (χ0) is 19.3. The minimum absolute atomic E-state index is 0.193. The molecule has 2 N–H and O–H groups in total. The first-order chi connectivity index (χ1) is 12.3. The monoisotopic (exact) mass is 356 g/mol. The fourth-order valence-electron chi connectivity index (χ4n) is 2.51. The van der Waals surface area contributed by atoms with Crippen LogP contribution in [0, 0.1) is 5.82 Å². The third-order valence-electron chi connectivity index (χ3n) is 3.87.